The normalized spacial score (nSPS) is 16.4. The molecule has 1 aromatic carbocycles. The summed E-state index contributed by atoms with van der Waals surface area (Å²) in [5.41, 5.74) is 1.19. The van der Waals surface area contributed by atoms with Crippen LogP contribution in [0.4, 0.5) is 0 Å². The summed E-state index contributed by atoms with van der Waals surface area (Å²) in [7, 11) is 0. The van der Waals surface area contributed by atoms with Gasteiger partial charge in [-0.15, -0.1) is 0 Å². The topological polar surface area (TPSA) is 41.5 Å². The smallest absolute Gasteiger partial charge is 0.229 e. The summed E-state index contributed by atoms with van der Waals surface area (Å²) in [5.74, 6) is 1.01. The molecular formula is C13H16N2OS. The number of carbonyl (C=O) groups excluding carboxylic acids is 1. The van der Waals surface area contributed by atoms with Crippen LogP contribution < -0.4 is 5.32 Å². The van der Waals surface area contributed by atoms with Gasteiger partial charge in [-0.1, -0.05) is 49.0 Å². The Hall–Kier alpha value is -1.29. The highest BCUT2D eigenvalue weighted by Crippen LogP contribution is 2.12. The first-order valence-corrected chi connectivity index (χ1v) is 6.76. The van der Waals surface area contributed by atoms with Crippen LogP contribution >= 0.6 is 11.8 Å². The Kier molecular flexibility index (Phi) is 4.20. The molecule has 1 atom stereocenters. The molecule has 0 saturated heterocycles. The van der Waals surface area contributed by atoms with Crippen LogP contribution in [0.1, 0.15) is 12.5 Å². The zero-order chi connectivity index (χ0) is 12.1. The Labute approximate surface area is 106 Å². The van der Waals surface area contributed by atoms with Gasteiger partial charge in [0.05, 0.1) is 6.54 Å². The van der Waals surface area contributed by atoms with Gasteiger partial charge >= 0.3 is 0 Å². The monoisotopic (exact) mass is 248 g/mol. The summed E-state index contributed by atoms with van der Waals surface area (Å²) in [6.07, 6.45) is 0.768. The molecule has 0 spiro atoms. The fourth-order valence-corrected chi connectivity index (χ4v) is 2.43. The maximum Gasteiger partial charge on any atom is 0.229 e. The fraction of sp³-hybridized carbons (Fsp3) is 0.385. The first-order chi connectivity index (χ1) is 8.25. The van der Waals surface area contributed by atoms with Crippen molar-refractivity contribution in [1.82, 2.24) is 5.32 Å². The van der Waals surface area contributed by atoms with Gasteiger partial charge in [0.15, 0.2) is 5.17 Å². The van der Waals surface area contributed by atoms with E-state index in [0.717, 1.165) is 23.9 Å². The van der Waals surface area contributed by atoms with Crippen molar-refractivity contribution >= 4 is 22.8 Å². The van der Waals surface area contributed by atoms with E-state index in [9.17, 15) is 4.79 Å². The second-order valence-corrected chi connectivity index (χ2v) is 5.20. The lowest BCUT2D eigenvalue weighted by molar-refractivity contribution is -0.122. The molecule has 0 saturated carbocycles. The van der Waals surface area contributed by atoms with E-state index in [1.165, 1.54) is 5.56 Å². The molecule has 0 unspecified atom stereocenters. The summed E-state index contributed by atoms with van der Waals surface area (Å²) in [5, 5.41) is 3.65. The van der Waals surface area contributed by atoms with Crippen molar-refractivity contribution in [3.63, 3.8) is 0 Å². The second kappa shape index (κ2) is 5.87. The molecule has 1 aliphatic rings. The van der Waals surface area contributed by atoms with E-state index in [1.54, 1.807) is 11.8 Å². The zero-order valence-corrected chi connectivity index (χ0v) is 10.7. The Morgan fingerprint density at radius 1 is 1.47 bits per heavy atom. The van der Waals surface area contributed by atoms with E-state index >= 15 is 0 Å². The number of nitrogens with one attached hydrogen (secondary N) is 1. The van der Waals surface area contributed by atoms with Crippen molar-refractivity contribution < 1.29 is 4.79 Å². The van der Waals surface area contributed by atoms with Crippen molar-refractivity contribution in [1.29, 1.82) is 0 Å². The number of hydrogen-bond acceptors (Lipinski definition) is 3. The number of nitrogens with zero attached hydrogens (tertiary/aromatic N) is 1. The molecule has 1 aliphatic heterocycles. The first kappa shape index (κ1) is 12.2. The number of aliphatic imine (C=N–C) groups is 1. The van der Waals surface area contributed by atoms with Crippen molar-refractivity contribution in [3.8, 4) is 0 Å². The van der Waals surface area contributed by atoms with Crippen molar-refractivity contribution in [2.24, 2.45) is 10.9 Å². The number of carbonyl (C=O) groups is 1. The van der Waals surface area contributed by atoms with Gasteiger partial charge in [-0.25, -0.2) is 0 Å². The van der Waals surface area contributed by atoms with E-state index in [0.29, 0.717) is 0 Å². The van der Waals surface area contributed by atoms with E-state index < -0.39 is 0 Å². The number of hydrogen-bond donors (Lipinski definition) is 1. The van der Waals surface area contributed by atoms with Crippen LogP contribution in [0, 0.1) is 5.92 Å². The minimum atomic E-state index is -0.0266. The van der Waals surface area contributed by atoms with Gasteiger partial charge in [0.2, 0.25) is 5.91 Å². The van der Waals surface area contributed by atoms with Crippen LogP contribution in [-0.4, -0.2) is 23.4 Å². The van der Waals surface area contributed by atoms with Crippen molar-refractivity contribution in [2.75, 3.05) is 12.3 Å². The summed E-state index contributed by atoms with van der Waals surface area (Å²) in [4.78, 5) is 16.1. The Morgan fingerprint density at radius 3 is 2.88 bits per heavy atom. The summed E-state index contributed by atoms with van der Waals surface area (Å²) in [6.45, 7) is 2.76. The van der Waals surface area contributed by atoms with E-state index in [2.05, 4.69) is 10.3 Å². The molecule has 0 aromatic heterocycles. The predicted molar refractivity (Wildman–Crippen MR) is 72.2 cm³/mol. The fourth-order valence-electron chi connectivity index (χ4n) is 1.70. The quantitative estimate of drug-likeness (QED) is 0.890. The number of benzene rings is 1. The Morgan fingerprint density at radius 2 is 2.24 bits per heavy atom. The molecule has 1 amide bonds. The molecule has 0 bridgehead atoms. The SMILES string of the molecule is C[C@@H](Cc1ccccc1)C(=O)NC1=NCCS1. The maximum atomic E-state index is 11.9. The number of amidine groups is 1. The molecule has 1 aromatic rings. The van der Waals surface area contributed by atoms with Gasteiger partial charge in [0, 0.05) is 11.7 Å². The lowest BCUT2D eigenvalue weighted by Crippen LogP contribution is -2.33. The van der Waals surface area contributed by atoms with Crippen LogP contribution in [0.15, 0.2) is 35.3 Å². The molecule has 17 heavy (non-hydrogen) atoms. The molecule has 0 radical (unpaired) electrons. The molecule has 0 fully saturated rings. The van der Waals surface area contributed by atoms with E-state index in [4.69, 9.17) is 0 Å². The van der Waals surface area contributed by atoms with Gasteiger partial charge < -0.3 is 5.32 Å². The zero-order valence-electron chi connectivity index (χ0n) is 9.85. The first-order valence-electron chi connectivity index (χ1n) is 5.78. The third-order valence-electron chi connectivity index (χ3n) is 2.65. The van der Waals surface area contributed by atoms with Crippen LogP contribution in [0.25, 0.3) is 0 Å². The highest BCUT2D eigenvalue weighted by Gasteiger charge is 2.17. The van der Waals surface area contributed by atoms with Gasteiger partial charge in [-0.3, -0.25) is 9.79 Å². The highest BCUT2D eigenvalue weighted by molar-refractivity contribution is 8.14. The lowest BCUT2D eigenvalue weighted by atomic mass is 10.0. The van der Waals surface area contributed by atoms with Gasteiger partial charge in [-0.2, -0.15) is 0 Å². The lowest BCUT2D eigenvalue weighted by Gasteiger charge is -2.11. The van der Waals surface area contributed by atoms with E-state index in [1.807, 2.05) is 37.3 Å². The van der Waals surface area contributed by atoms with Crippen molar-refractivity contribution in [3.05, 3.63) is 35.9 Å². The van der Waals surface area contributed by atoms with Crippen LogP contribution in [0.3, 0.4) is 0 Å². The standard InChI is InChI=1S/C13H16N2OS/c1-10(9-11-5-3-2-4-6-11)12(16)15-13-14-7-8-17-13/h2-6,10H,7-9H2,1H3,(H,14,15,16)/t10-/m0/s1. The molecule has 1 heterocycles. The van der Waals surface area contributed by atoms with Gasteiger partial charge in [0.25, 0.3) is 0 Å². The number of thioether (sulfide) groups is 1. The van der Waals surface area contributed by atoms with Crippen molar-refractivity contribution in [2.45, 2.75) is 13.3 Å². The summed E-state index contributed by atoms with van der Waals surface area (Å²) in [6, 6.07) is 10.1. The Balaban J connectivity index is 1.87. The minimum Gasteiger partial charge on any atom is -0.305 e. The largest absolute Gasteiger partial charge is 0.305 e. The average molecular weight is 248 g/mol. The summed E-state index contributed by atoms with van der Waals surface area (Å²) < 4.78 is 0. The second-order valence-electron chi connectivity index (χ2n) is 4.12. The van der Waals surface area contributed by atoms with Gasteiger partial charge in [-0.05, 0) is 12.0 Å². The molecule has 4 heteroatoms. The van der Waals surface area contributed by atoms with Crippen LogP contribution in [0.5, 0.6) is 0 Å². The third-order valence-corrected chi connectivity index (χ3v) is 3.54. The summed E-state index contributed by atoms with van der Waals surface area (Å²) >= 11 is 1.61. The third kappa shape index (κ3) is 3.60. The Bertz CT molecular complexity index is 417. The van der Waals surface area contributed by atoms with Crippen LogP contribution in [0.2, 0.25) is 0 Å². The molecule has 1 N–H and O–H groups in total. The molecule has 3 nitrogen and oxygen atoms in total. The van der Waals surface area contributed by atoms with Gasteiger partial charge in [0.1, 0.15) is 0 Å². The molecular weight excluding hydrogens is 232 g/mol. The predicted octanol–water partition coefficient (Wildman–Crippen LogP) is 2.08. The molecule has 90 valence electrons. The molecule has 2 rings (SSSR count). The van der Waals surface area contributed by atoms with Crippen LogP contribution in [-0.2, 0) is 11.2 Å². The number of amides is 1. The minimum absolute atomic E-state index is 0.0266. The highest BCUT2D eigenvalue weighted by atomic mass is 32.2. The maximum absolute atomic E-state index is 11.9. The van der Waals surface area contributed by atoms with E-state index in [-0.39, 0.29) is 11.8 Å². The molecule has 0 aliphatic carbocycles. The average Bonchev–Trinajstić information content (AvgIpc) is 2.83. The number of rotatable bonds is 3.